The van der Waals surface area contributed by atoms with E-state index in [1.807, 2.05) is 0 Å². The normalized spacial score (nSPS) is 17.8. The van der Waals surface area contributed by atoms with E-state index < -0.39 is 10.2 Å². The number of methoxy groups -OCH3 is 1. The molecule has 1 aliphatic heterocycles. The molecule has 112 valence electrons. The molecule has 2 N–H and O–H groups in total. The van der Waals surface area contributed by atoms with Gasteiger partial charge in [0.25, 0.3) is 10.2 Å². The van der Waals surface area contributed by atoms with Crippen LogP contribution < -0.4 is 5.73 Å². The van der Waals surface area contributed by atoms with Gasteiger partial charge in [0.1, 0.15) is 0 Å². The minimum absolute atomic E-state index is 0.276. The molecule has 1 heterocycles. The van der Waals surface area contributed by atoms with Gasteiger partial charge in [-0.05, 0) is 0 Å². The van der Waals surface area contributed by atoms with Crippen LogP contribution in [0.3, 0.4) is 0 Å². The molecule has 1 saturated heterocycles. The van der Waals surface area contributed by atoms with Crippen molar-refractivity contribution < 1.29 is 17.9 Å². The van der Waals surface area contributed by atoms with Gasteiger partial charge in [0.05, 0.1) is 24.8 Å². The number of rotatable bonds is 8. The fourth-order valence-electron chi connectivity index (χ4n) is 1.71. The second-order valence-corrected chi connectivity index (χ2v) is 6.58. The topological polar surface area (TPSA) is 85.1 Å². The Kier molecular flexibility index (Phi) is 7.11. The molecule has 0 saturated carbocycles. The van der Waals surface area contributed by atoms with Gasteiger partial charge in [-0.1, -0.05) is 12.2 Å². The Bertz CT molecular complexity index is 382. The molecule has 0 aliphatic carbocycles. The third-order valence-electron chi connectivity index (χ3n) is 2.78. The quantitative estimate of drug-likeness (QED) is 0.590. The SMILES string of the molecule is COCCN(CCC(N)=S)S(=O)(=O)N1CCOCC1. The second kappa shape index (κ2) is 8.08. The molecular formula is C10H21N3O4S2. The first kappa shape index (κ1) is 16.7. The minimum atomic E-state index is -3.50. The fourth-order valence-corrected chi connectivity index (χ4v) is 3.37. The van der Waals surface area contributed by atoms with Crippen molar-refractivity contribution in [1.82, 2.24) is 8.61 Å². The molecule has 9 heteroatoms. The van der Waals surface area contributed by atoms with E-state index in [2.05, 4.69) is 0 Å². The zero-order chi connectivity index (χ0) is 14.3. The summed E-state index contributed by atoms with van der Waals surface area (Å²) in [7, 11) is -1.97. The average molecular weight is 311 g/mol. The third-order valence-corrected chi connectivity index (χ3v) is 5.01. The lowest BCUT2D eigenvalue weighted by molar-refractivity contribution is 0.0694. The van der Waals surface area contributed by atoms with Gasteiger partial charge >= 0.3 is 0 Å². The highest BCUT2D eigenvalue weighted by atomic mass is 32.2. The maximum atomic E-state index is 12.5. The Balaban J connectivity index is 2.71. The maximum absolute atomic E-state index is 12.5. The van der Waals surface area contributed by atoms with Gasteiger partial charge in [0.15, 0.2) is 0 Å². The Labute approximate surface area is 119 Å². The first-order valence-electron chi connectivity index (χ1n) is 6.08. The molecular weight excluding hydrogens is 290 g/mol. The van der Waals surface area contributed by atoms with Gasteiger partial charge in [-0.2, -0.15) is 17.0 Å². The molecule has 0 radical (unpaired) electrons. The molecule has 0 bridgehead atoms. The monoisotopic (exact) mass is 311 g/mol. The highest BCUT2D eigenvalue weighted by molar-refractivity contribution is 7.86. The highest BCUT2D eigenvalue weighted by Crippen LogP contribution is 2.11. The number of hydrogen-bond donors (Lipinski definition) is 1. The van der Waals surface area contributed by atoms with Gasteiger partial charge in [-0.3, -0.25) is 0 Å². The van der Waals surface area contributed by atoms with Crippen molar-refractivity contribution in [3.8, 4) is 0 Å². The van der Waals surface area contributed by atoms with E-state index in [0.717, 1.165) is 0 Å². The standard InChI is InChI=1S/C10H21N3O4S2/c1-16-7-4-12(3-2-10(11)18)19(14,15)13-5-8-17-9-6-13/h2-9H2,1H3,(H2,11,18). The van der Waals surface area contributed by atoms with E-state index in [1.165, 1.54) is 15.7 Å². The van der Waals surface area contributed by atoms with Crippen molar-refractivity contribution in [2.75, 3.05) is 53.1 Å². The van der Waals surface area contributed by atoms with Gasteiger partial charge < -0.3 is 15.2 Å². The van der Waals surface area contributed by atoms with E-state index in [4.69, 9.17) is 27.4 Å². The third kappa shape index (κ3) is 5.28. The van der Waals surface area contributed by atoms with E-state index in [1.54, 1.807) is 0 Å². The Morgan fingerprint density at radius 3 is 2.58 bits per heavy atom. The molecule has 1 rings (SSSR count). The zero-order valence-electron chi connectivity index (χ0n) is 11.1. The number of morpholine rings is 1. The molecule has 0 aromatic heterocycles. The van der Waals surface area contributed by atoms with Gasteiger partial charge in [0.2, 0.25) is 0 Å². The lowest BCUT2D eigenvalue weighted by atomic mass is 10.4. The van der Waals surface area contributed by atoms with Crippen LogP contribution in [0, 0.1) is 0 Å². The van der Waals surface area contributed by atoms with Crippen LogP contribution in [-0.2, 0) is 19.7 Å². The molecule has 0 aromatic rings. The molecule has 0 spiro atoms. The molecule has 1 fully saturated rings. The maximum Gasteiger partial charge on any atom is 0.282 e. The summed E-state index contributed by atoms with van der Waals surface area (Å²) < 4.78 is 37.8. The van der Waals surface area contributed by atoms with Crippen LogP contribution in [0.5, 0.6) is 0 Å². The largest absolute Gasteiger partial charge is 0.393 e. The van der Waals surface area contributed by atoms with Crippen LogP contribution >= 0.6 is 12.2 Å². The van der Waals surface area contributed by atoms with E-state index in [-0.39, 0.29) is 6.54 Å². The summed E-state index contributed by atoms with van der Waals surface area (Å²) in [5.41, 5.74) is 5.44. The van der Waals surface area contributed by atoms with E-state index in [9.17, 15) is 8.42 Å². The van der Waals surface area contributed by atoms with Crippen molar-refractivity contribution in [3.63, 3.8) is 0 Å². The van der Waals surface area contributed by atoms with Gasteiger partial charge in [0, 0.05) is 39.7 Å². The molecule has 0 amide bonds. The summed E-state index contributed by atoms with van der Waals surface area (Å²) in [6.07, 6.45) is 0.364. The van der Waals surface area contributed by atoms with Crippen LogP contribution in [0.25, 0.3) is 0 Å². The molecule has 7 nitrogen and oxygen atoms in total. The summed E-state index contributed by atoms with van der Waals surface area (Å²) in [5, 5.41) is 0. The van der Waals surface area contributed by atoms with Crippen LogP contribution in [0.4, 0.5) is 0 Å². The van der Waals surface area contributed by atoms with Gasteiger partial charge in [-0.15, -0.1) is 0 Å². The van der Waals surface area contributed by atoms with Crippen molar-refractivity contribution in [1.29, 1.82) is 0 Å². The first-order chi connectivity index (χ1) is 8.98. The Morgan fingerprint density at radius 2 is 2.05 bits per heavy atom. The van der Waals surface area contributed by atoms with Crippen LogP contribution in [0.2, 0.25) is 0 Å². The van der Waals surface area contributed by atoms with Crippen molar-refractivity contribution in [2.24, 2.45) is 5.73 Å². The zero-order valence-corrected chi connectivity index (χ0v) is 12.7. The molecule has 1 aliphatic rings. The van der Waals surface area contributed by atoms with Crippen LogP contribution in [-0.4, -0.2) is 75.1 Å². The Hall–Kier alpha value is -0.320. The summed E-state index contributed by atoms with van der Waals surface area (Å²) in [6.45, 7) is 2.50. The van der Waals surface area contributed by atoms with Gasteiger partial charge in [-0.25, -0.2) is 0 Å². The molecule has 0 atom stereocenters. The van der Waals surface area contributed by atoms with Crippen molar-refractivity contribution in [2.45, 2.75) is 6.42 Å². The smallest absolute Gasteiger partial charge is 0.282 e. The second-order valence-electron chi connectivity index (χ2n) is 4.13. The summed E-state index contributed by atoms with van der Waals surface area (Å²) in [5.74, 6) is 0. The van der Waals surface area contributed by atoms with Crippen molar-refractivity contribution >= 4 is 27.4 Å². The fraction of sp³-hybridized carbons (Fsp3) is 0.900. The van der Waals surface area contributed by atoms with Crippen LogP contribution in [0.1, 0.15) is 6.42 Å². The lowest BCUT2D eigenvalue weighted by Gasteiger charge is -2.31. The molecule has 0 unspecified atom stereocenters. The highest BCUT2D eigenvalue weighted by Gasteiger charge is 2.30. The van der Waals surface area contributed by atoms with E-state index >= 15 is 0 Å². The van der Waals surface area contributed by atoms with Crippen molar-refractivity contribution in [3.05, 3.63) is 0 Å². The summed E-state index contributed by atoms with van der Waals surface area (Å²) in [4.78, 5) is 0.305. The number of ether oxygens (including phenoxy) is 2. The van der Waals surface area contributed by atoms with E-state index in [0.29, 0.717) is 50.9 Å². The number of nitrogens with two attached hydrogens (primary N) is 1. The first-order valence-corrected chi connectivity index (χ1v) is 7.89. The number of hydrogen-bond acceptors (Lipinski definition) is 5. The predicted molar refractivity (Wildman–Crippen MR) is 76.2 cm³/mol. The predicted octanol–water partition coefficient (Wildman–Crippen LogP) is -0.812. The lowest BCUT2D eigenvalue weighted by Crippen LogP contribution is -2.50. The number of nitrogens with zero attached hydrogens (tertiary/aromatic N) is 2. The molecule has 0 aromatic carbocycles. The summed E-state index contributed by atoms with van der Waals surface area (Å²) in [6, 6.07) is 0. The minimum Gasteiger partial charge on any atom is -0.393 e. The number of thiocarbonyl (C=S) groups is 1. The Morgan fingerprint density at radius 1 is 1.42 bits per heavy atom. The van der Waals surface area contributed by atoms with Crippen LogP contribution in [0.15, 0.2) is 0 Å². The molecule has 19 heavy (non-hydrogen) atoms. The summed E-state index contributed by atoms with van der Waals surface area (Å²) >= 11 is 4.80. The average Bonchev–Trinajstić information content (AvgIpc) is 2.39.